The van der Waals surface area contributed by atoms with Gasteiger partial charge < -0.3 is 10.2 Å². The van der Waals surface area contributed by atoms with Gasteiger partial charge in [0.05, 0.1) is 12.7 Å². The predicted octanol–water partition coefficient (Wildman–Crippen LogP) is 3.72. The topological polar surface area (TPSA) is 40.5 Å². The van der Waals surface area contributed by atoms with Gasteiger partial charge in [0.2, 0.25) is 0 Å². The van der Waals surface area contributed by atoms with Crippen LogP contribution in [0.25, 0.3) is 0 Å². The van der Waals surface area contributed by atoms with Crippen molar-refractivity contribution in [3.63, 3.8) is 0 Å². The van der Waals surface area contributed by atoms with Crippen LogP contribution >= 0.6 is 0 Å². The molecule has 2 unspecified atom stereocenters. The first-order valence-corrected chi connectivity index (χ1v) is 7.34. The lowest BCUT2D eigenvalue weighted by Crippen LogP contribution is -2.05. The molecule has 0 amide bonds. The zero-order valence-corrected chi connectivity index (χ0v) is 12.8. The summed E-state index contributed by atoms with van der Waals surface area (Å²) in [6, 6.07) is 19.7. The summed E-state index contributed by atoms with van der Waals surface area (Å²) in [5.41, 5.74) is 2.25. The Kier molecular flexibility index (Phi) is 8.58. The van der Waals surface area contributed by atoms with Crippen molar-refractivity contribution in [2.24, 2.45) is 0 Å². The van der Waals surface area contributed by atoms with Crippen molar-refractivity contribution in [3.8, 4) is 0 Å². The van der Waals surface area contributed by atoms with E-state index in [1.54, 1.807) is 12.2 Å². The molecule has 0 heterocycles. The standard InChI is InChI=1S/2C10H12O/c1-2-10(11)8-9-6-4-3-5-7-9;1-2-9(8-11)10-6-4-3-5-7-10/h2-7,10-11H,1,8H2;2-7,9,11H,1,8H2. The summed E-state index contributed by atoms with van der Waals surface area (Å²) in [4.78, 5) is 0. The smallest absolute Gasteiger partial charge is 0.0758 e. The number of hydrogen-bond donors (Lipinski definition) is 2. The third-order valence-corrected chi connectivity index (χ3v) is 3.27. The molecule has 0 aliphatic heterocycles. The first kappa shape index (κ1) is 17.9. The highest BCUT2D eigenvalue weighted by Crippen LogP contribution is 2.14. The van der Waals surface area contributed by atoms with Gasteiger partial charge in [-0.3, -0.25) is 0 Å². The number of aliphatic hydroxyl groups is 2. The molecular formula is C20H24O2. The molecule has 0 saturated heterocycles. The molecule has 0 radical (unpaired) electrons. The third-order valence-electron chi connectivity index (χ3n) is 3.27. The summed E-state index contributed by atoms with van der Waals surface area (Å²) in [5.74, 6) is 0.0798. The highest BCUT2D eigenvalue weighted by molar-refractivity contribution is 5.22. The zero-order chi connectivity index (χ0) is 16.2. The summed E-state index contributed by atoms with van der Waals surface area (Å²) in [6.45, 7) is 7.29. The van der Waals surface area contributed by atoms with Crippen molar-refractivity contribution in [1.82, 2.24) is 0 Å². The molecule has 0 aliphatic carbocycles. The number of benzene rings is 2. The minimum atomic E-state index is -0.419. The summed E-state index contributed by atoms with van der Waals surface area (Å²) >= 11 is 0. The summed E-state index contributed by atoms with van der Waals surface area (Å²) in [6.07, 6.45) is 3.55. The Bertz CT molecular complexity index is 534. The lowest BCUT2D eigenvalue weighted by molar-refractivity contribution is 0.224. The molecule has 2 heteroatoms. The molecule has 22 heavy (non-hydrogen) atoms. The van der Waals surface area contributed by atoms with Gasteiger partial charge in [-0.25, -0.2) is 0 Å². The maximum atomic E-state index is 9.19. The molecule has 2 rings (SSSR count). The maximum absolute atomic E-state index is 9.19. The van der Waals surface area contributed by atoms with Gasteiger partial charge in [-0.2, -0.15) is 0 Å². The highest BCUT2D eigenvalue weighted by Gasteiger charge is 2.02. The average Bonchev–Trinajstić information content (AvgIpc) is 2.58. The van der Waals surface area contributed by atoms with Gasteiger partial charge in [0.25, 0.3) is 0 Å². The number of rotatable bonds is 6. The van der Waals surface area contributed by atoms with Gasteiger partial charge in [0, 0.05) is 12.3 Å². The van der Waals surface area contributed by atoms with Gasteiger partial charge in [-0.15, -0.1) is 13.2 Å². The monoisotopic (exact) mass is 296 g/mol. The first-order chi connectivity index (χ1) is 10.7. The van der Waals surface area contributed by atoms with E-state index in [-0.39, 0.29) is 12.5 Å². The van der Waals surface area contributed by atoms with Gasteiger partial charge in [0.15, 0.2) is 0 Å². The molecule has 2 aromatic rings. The molecule has 2 N–H and O–H groups in total. The van der Waals surface area contributed by atoms with Crippen LogP contribution in [0.2, 0.25) is 0 Å². The molecule has 0 bridgehead atoms. The van der Waals surface area contributed by atoms with Crippen molar-refractivity contribution in [2.45, 2.75) is 18.4 Å². The Morgan fingerprint density at radius 2 is 1.41 bits per heavy atom. The van der Waals surface area contributed by atoms with Crippen molar-refractivity contribution in [2.75, 3.05) is 6.61 Å². The Labute approximate surface area is 133 Å². The molecule has 0 fully saturated rings. The summed E-state index contributed by atoms with van der Waals surface area (Å²) in [5, 5.41) is 18.1. The molecule has 0 spiro atoms. The quantitative estimate of drug-likeness (QED) is 0.798. The van der Waals surface area contributed by atoms with Gasteiger partial charge >= 0.3 is 0 Å². The molecule has 0 saturated carbocycles. The van der Waals surface area contributed by atoms with Crippen molar-refractivity contribution in [3.05, 3.63) is 97.1 Å². The molecule has 2 atom stereocenters. The second kappa shape index (κ2) is 10.6. The normalized spacial score (nSPS) is 12.5. The van der Waals surface area contributed by atoms with Crippen LogP contribution in [0.1, 0.15) is 17.0 Å². The van der Waals surface area contributed by atoms with Gasteiger partial charge in [-0.05, 0) is 11.1 Å². The second-order valence-corrected chi connectivity index (χ2v) is 4.93. The number of hydrogen-bond acceptors (Lipinski definition) is 2. The fourth-order valence-electron chi connectivity index (χ4n) is 1.96. The molecule has 2 nitrogen and oxygen atoms in total. The van der Waals surface area contributed by atoms with E-state index in [1.165, 1.54) is 0 Å². The van der Waals surface area contributed by atoms with Gasteiger partial charge in [-0.1, -0.05) is 72.8 Å². The van der Waals surface area contributed by atoms with Gasteiger partial charge in [0.1, 0.15) is 0 Å². The van der Waals surface area contributed by atoms with Crippen molar-refractivity contribution in [1.29, 1.82) is 0 Å². The van der Waals surface area contributed by atoms with E-state index < -0.39 is 6.10 Å². The van der Waals surface area contributed by atoms with Crippen LogP contribution in [0, 0.1) is 0 Å². The molecule has 0 aromatic heterocycles. The zero-order valence-electron chi connectivity index (χ0n) is 12.8. The van der Waals surface area contributed by atoms with E-state index in [2.05, 4.69) is 13.2 Å². The third kappa shape index (κ3) is 6.53. The average molecular weight is 296 g/mol. The Hall–Kier alpha value is -2.16. The van der Waals surface area contributed by atoms with Crippen LogP contribution in [0.4, 0.5) is 0 Å². The van der Waals surface area contributed by atoms with Crippen LogP contribution in [-0.2, 0) is 6.42 Å². The first-order valence-electron chi connectivity index (χ1n) is 7.34. The van der Waals surface area contributed by atoms with E-state index >= 15 is 0 Å². The number of aliphatic hydroxyl groups excluding tert-OH is 2. The van der Waals surface area contributed by atoms with E-state index in [0.717, 1.165) is 11.1 Å². The lowest BCUT2D eigenvalue weighted by atomic mass is 10.0. The van der Waals surface area contributed by atoms with Crippen LogP contribution in [-0.4, -0.2) is 22.9 Å². The summed E-state index contributed by atoms with van der Waals surface area (Å²) < 4.78 is 0. The fraction of sp³-hybridized carbons (Fsp3) is 0.200. The van der Waals surface area contributed by atoms with E-state index in [0.29, 0.717) is 6.42 Å². The SMILES string of the molecule is C=CC(CO)c1ccccc1.C=CC(O)Cc1ccccc1. The lowest BCUT2D eigenvalue weighted by Gasteiger charge is -2.07. The van der Waals surface area contributed by atoms with Crippen LogP contribution in [0.3, 0.4) is 0 Å². The van der Waals surface area contributed by atoms with Crippen LogP contribution in [0.15, 0.2) is 86.0 Å². The van der Waals surface area contributed by atoms with Crippen molar-refractivity contribution >= 4 is 0 Å². The molecule has 0 aliphatic rings. The summed E-state index contributed by atoms with van der Waals surface area (Å²) in [7, 11) is 0. The predicted molar refractivity (Wildman–Crippen MR) is 92.8 cm³/mol. The maximum Gasteiger partial charge on any atom is 0.0758 e. The Morgan fingerprint density at radius 1 is 0.864 bits per heavy atom. The Morgan fingerprint density at radius 3 is 1.86 bits per heavy atom. The van der Waals surface area contributed by atoms with Crippen LogP contribution < -0.4 is 0 Å². The van der Waals surface area contributed by atoms with Crippen LogP contribution in [0.5, 0.6) is 0 Å². The largest absolute Gasteiger partial charge is 0.395 e. The molecule has 2 aromatic carbocycles. The second-order valence-electron chi connectivity index (χ2n) is 4.93. The van der Waals surface area contributed by atoms with E-state index in [1.807, 2.05) is 60.7 Å². The Balaban J connectivity index is 0.000000220. The van der Waals surface area contributed by atoms with E-state index in [9.17, 15) is 5.11 Å². The highest BCUT2D eigenvalue weighted by atomic mass is 16.3. The van der Waals surface area contributed by atoms with E-state index in [4.69, 9.17) is 5.11 Å². The molecular weight excluding hydrogens is 272 g/mol. The molecule has 116 valence electrons. The fourth-order valence-corrected chi connectivity index (χ4v) is 1.96. The van der Waals surface area contributed by atoms with Crippen molar-refractivity contribution < 1.29 is 10.2 Å². The minimum absolute atomic E-state index is 0.0798. The minimum Gasteiger partial charge on any atom is -0.395 e.